The first-order chi connectivity index (χ1) is 7.75. The predicted molar refractivity (Wildman–Crippen MR) is 65.4 cm³/mol. The molecule has 1 aromatic rings. The molecule has 0 spiro atoms. The van der Waals surface area contributed by atoms with Gasteiger partial charge in [-0.05, 0) is 12.5 Å². The molecule has 0 radical (unpaired) electrons. The number of rotatable bonds is 3. The Morgan fingerprint density at radius 2 is 1.88 bits per heavy atom. The Kier molecular flexibility index (Phi) is 3.93. The quantitative estimate of drug-likeness (QED) is 0.835. The predicted octanol–water partition coefficient (Wildman–Crippen LogP) is 1.33. The van der Waals surface area contributed by atoms with Gasteiger partial charge in [-0.2, -0.15) is 0 Å². The Labute approximate surface area is 97.2 Å². The first-order valence-corrected chi connectivity index (χ1v) is 5.88. The lowest BCUT2D eigenvalue weighted by Gasteiger charge is -2.29. The molecule has 2 N–H and O–H groups in total. The number of nitrogens with zero attached hydrogens (tertiary/aromatic N) is 1. The van der Waals surface area contributed by atoms with Gasteiger partial charge < -0.3 is 10.5 Å². The number of aryl methyl sites for hydroxylation is 1. The minimum absolute atomic E-state index is 0.110. The lowest BCUT2D eigenvalue weighted by atomic mass is 10.1. The van der Waals surface area contributed by atoms with Gasteiger partial charge in [-0.15, -0.1) is 0 Å². The van der Waals surface area contributed by atoms with E-state index in [1.807, 2.05) is 0 Å². The van der Waals surface area contributed by atoms with Crippen LogP contribution in [0.4, 0.5) is 0 Å². The molecule has 0 bridgehead atoms. The summed E-state index contributed by atoms with van der Waals surface area (Å²) >= 11 is 0. The smallest absolute Gasteiger partial charge is 0.0594 e. The molecule has 3 nitrogen and oxygen atoms in total. The van der Waals surface area contributed by atoms with Crippen molar-refractivity contribution in [2.24, 2.45) is 5.73 Å². The first kappa shape index (κ1) is 11.6. The average molecular weight is 220 g/mol. The van der Waals surface area contributed by atoms with E-state index in [4.69, 9.17) is 10.5 Å². The molecule has 1 saturated heterocycles. The van der Waals surface area contributed by atoms with E-state index in [0.717, 1.165) is 32.8 Å². The SMILES string of the molecule is Cc1ccc([C@@H](N)CN2CCOCC2)cc1. The zero-order valence-electron chi connectivity index (χ0n) is 9.86. The summed E-state index contributed by atoms with van der Waals surface area (Å²) in [6.45, 7) is 6.68. The van der Waals surface area contributed by atoms with Crippen molar-refractivity contribution in [1.82, 2.24) is 4.90 Å². The van der Waals surface area contributed by atoms with E-state index in [2.05, 4.69) is 36.1 Å². The molecule has 1 fully saturated rings. The maximum atomic E-state index is 6.19. The van der Waals surface area contributed by atoms with E-state index < -0.39 is 0 Å². The summed E-state index contributed by atoms with van der Waals surface area (Å²) in [5.74, 6) is 0. The fraction of sp³-hybridized carbons (Fsp3) is 0.538. The molecule has 1 heterocycles. The molecule has 1 aromatic carbocycles. The van der Waals surface area contributed by atoms with Crippen molar-refractivity contribution in [2.45, 2.75) is 13.0 Å². The standard InChI is InChI=1S/C13H20N2O/c1-11-2-4-12(5-3-11)13(14)10-15-6-8-16-9-7-15/h2-5,13H,6-10,14H2,1H3/t13-/m0/s1. The van der Waals surface area contributed by atoms with Crippen LogP contribution in [0.1, 0.15) is 17.2 Å². The summed E-state index contributed by atoms with van der Waals surface area (Å²) in [4.78, 5) is 2.37. The van der Waals surface area contributed by atoms with Crippen molar-refractivity contribution >= 4 is 0 Å². The molecule has 2 rings (SSSR count). The monoisotopic (exact) mass is 220 g/mol. The van der Waals surface area contributed by atoms with Gasteiger partial charge in [0.25, 0.3) is 0 Å². The summed E-state index contributed by atoms with van der Waals surface area (Å²) < 4.78 is 5.32. The number of morpholine rings is 1. The summed E-state index contributed by atoms with van der Waals surface area (Å²) in [7, 11) is 0. The zero-order valence-corrected chi connectivity index (χ0v) is 9.86. The highest BCUT2D eigenvalue weighted by molar-refractivity contribution is 5.24. The van der Waals surface area contributed by atoms with E-state index in [1.165, 1.54) is 11.1 Å². The van der Waals surface area contributed by atoms with Gasteiger partial charge in [0, 0.05) is 25.7 Å². The third-order valence-electron chi connectivity index (χ3n) is 3.06. The Morgan fingerprint density at radius 1 is 1.25 bits per heavy atom. The van der Waals surface area contributed by atoms with Gasteiger partial charge in [0.15, 0.2) is 0 Å². The van der Waals surface area contributed by atoms with Crippen molar-refractivity contribution in [2.75, 3.05) is 32.8 Å². The highest BCUT2D eigenvalue weighted by Gasteiger charge is 2.14. The minimum atomic E-state index is 0.110. The van der Waals surface area contributed by atoms with Crippen LogP contribution >= 0.6 is 0 Å². The van der Waals surface area contributed by atoms with E-state index in [0.29, 0.717) is 0 Å². The molecule has 16 heavy (non-hydrogen) atoms. The number of ether oxygens (including phenoxy) is 1. The van der Waals surface area contributed by atoms with Crippen molar-refractivity contribution in [3.8, 4) is 0 Å². The third kappa shape index (κ3) is 3.04. The molecule has 3 heteroatoms. The van der Waals surface area contributed by atoms with Gasteiger partial charge in [0.1, 0.15) is 0 Å². The summed E-state index contributed by atoms with van der Waals surface area (Å²) in [5, 5.41) is 0. The molecule has 0 amide bonds. The van der Waals surface area contributed by atoms with Crippen LogP contribution in [0.3, 0.4) is 0 Å². The Balaban J connectivity index is 1.91. The molecule has 1 aliphatic rings. The van der Waals surface area contributed by atoms with Gasteiger partial charge in [0.2, 0.25) is 0 Å². The molecule has 0 unspecified atom stereocenters. The number of benzene rings is 1. The summed E-state index contributed by atoms with van der Waals surface area (Å²) in [5.41, 5.74) is 8.69. The van der Waals surface area contributed by atoms with Crippen LogP contribution in [0.5, 0.6) is 0 Å². The first-order valence-electron chi connectivity index (χ1n) is 5.88. The average Bonchev–Trinajstić information content (AvgIpc) is 2.31. The Hall–Kier alpha value is -0.900. The van der Waals surface area contributed by atoms with Crippen LogP contribution in [-0.4, -0.2) is 37.7 Å². The van der Waals surface area contributed by atoms with E-state index in [1.54, 1.807) is 0 Å². The van der Waals surface area contributed by atoms with Gasteiger partial charge >= 0.3 is 0 Å². The summed E-state index contributed by atoms with van der Waals surface area (Å²) in [6, 6.07) is 8.60. The van der Waals surface area contributed by atoms with E-state index >= 15 is 0 Å². The van der Waals surface area contributed by atoms with Crippen LogP contribution in [0.15, 0.2) is 24.3 Å². The molecular weight excluding hydrogens is 200 g/mol. The van der Waals surface area contributed by atoms with Crippen LogP contribution in [0, 0.1) is 6.92 Å². The second kappa shape index (κ2) is 5.43. The van der Waals surface area contributed by atoms with Crippen LogP contribution in [0.2, 0.25) is 0 Å². The fourth-order valence-electron chi connectivity index (χ4n) is 1.98. The fourth-order valence-corrected chi connectivity index (χ4v) is 1.98. The maximum Gasteiger partial charge on any atom is 0.0594 e. The van der Waals surface area contributed by atoms with Crippen molar-refractivity contribution in [1.29, 1.82) is 0 Å². The molecular formula is C13H20N2O. The van der Waals surface area contributed by atoms with Crippen LogP contribution in [0.25, 0.3) is 0 Å². The van der Waals surface area contributed by atoms with Gasteiger partial charge in [0.05, 0.1) is 13.2 Å². The second-order valence-electron chi connectivity index (χ2n) is 4.43. The topological polar surface area (TPSA) is 38.5 Å². The largest absolute Gasteiger partial charge is 0.379 e. The third-order valence-corrected chi connectivity index (χ3v) is 3.06. The molecule has 0 aromatic heterocycles. The molecule has 88 valence electrons. The van der Waals surface area contributed by atoms with E-state index in [-0.39, 0.29) is 6.04 Å². The van der Waals surface area contributed by atoms with Crippen LogP contribution < -0.4 is 5.73 Å². The Bertz CT molecular complexity index is 317. The Morgan fingerprint density at radius 3 is 2.50 bits per heavy atom. The highest BCUT2D eigenvalue weighted by Crippen LogP contribution is 2.13. The normalized spacial score (nSPS) is 19.6. The minimum Gasteiger partial charge on any atom is -0.379 e. The molecule has 0 aliphatic carbocycles. The van der Waals surface area contributed by atoms with Gasteiger partial charge in [-0.3, -0.25) is 4.90 Å². The van der Waals surface area contributed by atoms with Gasteiger partial charge in [-0.25, -0.2) is 0 Å². The molecule has 0 saturated carbocycles. The summed E-state index contributed by atoms with van der Waals surface area (Å²) in [6.07, 6.45) is 0. The van der Waals surface area contributed by atoms with Crippen LogP contribution in [-0.2, 0) is 4.74 Å². The molecule has 1 atom stereocenters. The number of hydrogen-bond acceptors (Lipinski definition) is 3. The number of hydrogen-bond donors (Lipinski definition) is 1. The molecule has 1 aliphatic heterocycles. The maximum absolute atomic E-state index is 6.19. The second-order valence-corrected chi connectivity index (χ2v) is 4.43. The van der Waals surface area contributed by atoms with Gasteiger partial charge in [-0.1, -0.05) is 29.8 Å². The van der Waals surface area contributed by atoms with Crippen molar-refractivity contribution in [3.05, 3.63) is 35.4 Å². The lowest BCUT2D eigenvalue weighted by Crippen LogP contribution is -2.40. The lowest BCUT2D eigenvalue weighted by molar-refractivity contribution is 0.0352. The highest BCUT2D eigenvalue weighted by atomic mass is 16.5. The van der Waals surface area contributed by atoms with Crippen molar-refractivity contribution in [3.63, 3.8) is 0 Å². The van der Waals surface area contributed by atoms with Crippen molar-refractivity contribution < 1.29 is 4.74 Å². The van der Waals surface area contributed by atoms with E-state index in [9.17, 15) is 0 Å². The number of nitrogens with two attached hydrogens (primary N) is 1. The zero-order chi connectivity index (χ0) is 11.4.